The second-order valence-corrected chi connectivity index (χ2v) is 6.41. The minimum absolute atomic E-state index is 0.00291. The van der Waals surface area contributed by atoms with Gasteiger partial charge in [0, 0.05) is 12.2 Å². The van der Waals surface area contributed by atoms with Crippen LogP contribution in [-0.2, 0) is 14.3 Å². The molecule has 0 spiro atoms. The number of hydrogen-bond acceptors (Lipinski definition) is 4. The largest absolute Gasteiger partial charge is 0.459 e. The Morgan fingerprint density at radius 1 is 1.00 bits per heavy atom. The van der Waals surface area contributed by atoms with Crippen molar-refractivity contribution in [1.82, 2.24) is 0 Å². The topological polar surface area (TPSA) is 59.3 Å². The molecule has 0 radical (unpaired) electrons. The van der Waals surface area contributed by atoms with Crippen molar-refractivity contribution in [3.05, 3.63) is 77.4 Å². The van der Waals surface area contributed by atoms with E-state index in [4.69, 9.17) is 9.47 Å². The van der Waals surface area contributed by atoms with Crippen LogP contribution in [0.15, 0.2) is 66.2 Å². The van der Waals surface area contributed by atoms with Gasteiger partial charge in [0.2, 0.25) is 0 Å². The molecule has 0 bridgehead atoms. The first-order valence-corrected chi connectivity index (χ1v) is 9.75. The number of carbonyl (C=O) groups is 1. The van der Waals surface area contributed by atoms with E-state index in [1.165, 1.54) is 0 Å². The molecule has 0 saturated heterocycles. The van der Waals surface area contributed by atoms with Crippen LogP contribution in [-0.4, -0.2) is 25.3 Å². The lowest BCUT2D eigenvalue weighted by molar-refractivity contribution is -0.142. The number of carbonyl (C=O) groups excluding carboxylic acids is 1. The highest BCUT2D eigenvalue weighted by molar-refractivity contribution is 6.05. The number of benzene rings is 2. The smallest absolute Gasteiger partial charge is 0.349 e. The van der Waals surface area contributed by atoms with Gasteiger partial charge in [0.15, 0.2) is 0 Å². The molecular formula is C24H27NO3. The lowest BCUT2D eigenvalue weighted by Gasteiger charge is -2.17. The van der Waals surface area contributed by atoms with Gasteiger partial charge in [0.25, 0.3) is 0 Å². The van der Waals surface area contributed by atoms with E-state index in [0.717, 1.165) is 30.4 Å². The predicted octanol–water partition coefficient (Wildman–Crippen LogP) is 5.15. The third-order valence-corrected chi connectivity index (χ3v) is 4.37. The molecule has 1 atom stereocenters. The van der Waals surface area contributed by atoms with Gasteiger partial charge in [-0.2, -0.15) is 5.26 Å². The highest BCUT2D eigenvalue weighted by Gasteiger charge is 2.21. The van der Waals surface area contributed by atoms with Crippen molar-refractivity contribution in [1.29, 1.82) is 5.26 Å². The highest BCUT2D eigenvalue weighted by atomic mass is 16.6. The third kappa shape index (κ3) is 6.07. The second kappa shape index (κ2) is 11.7. The van der Waals surface area contributed by atoms with Crippen LogP contribution < -0.4 is 0 Å². The summed E-state index contributed by atoms with van der Waals surface area (Å²) in [5.74, 6) is -0.619. The van der Waals surface area contributed by atoms with Crippen LogP contribution in [0.5, 0.6) is 0 Å². The van der Waals surface area contributed by atoms with Crippen molar-refractivity contribution in [2.75, 3.05) is 13.2 Å². The fourth-order valence-corrected chi connectivity index (χ4v) is 2.99. The van der Waals surface area contributed by atoms with E-state index in [-0.39, 0.29) is 18.3 Å². The van der Waals surface area contributed by atoms with Crippen LogP contribution in [0.2, 0.25) is 0 Å². The van der Waals surface area contributed by atoms with Crippen LogP contribution in [0, 0.1) is 11.3 Å². The number of nitrogens with zero attached hydrogens (tertiary/aromatic N) is 1. The first kappa shape index (κ1) is 21.4. The molecule has 4 nitrogen and oxygen atoms in total. The maximum Gasteiger partial charge on any atom is 0.349 e. The van der Waals surface area contributed by atoms with Crippen LogP contribution in [0.4, 0.5) is 0 Å². The van der Waals surface area contributed by atoms with Gasteiger partial charge >= 0.3 is 5.97 Å². The van der Waals surface area contributed by atoms with E-state index < -0.39 is 5.97 Å². The molecule has 0 amide bonds. The van der Waals surface area contributed by atoms with Gasteiger partial charge in [-0.3, -0.25) is 0 Å². The summed E-state index contributed by atoms with van der Waals surface area (Å²) < 4.78 is 11.1. The molecule has 0 saturated carbocycles. The predicted molar refractivity (Wildman–Crippen MR) is 110 cm³/mol. The molecule has 28 heavy (non-hydrogen) atoms. The number of rotatable bonds is 10. The Labute approximate surface area is 167 Å². The van der Waals surface area contributed by atoms with Crippen LogP contribution in [0.1, 0.15) is 44.2 Å². The van der Waals surface area contributed by atoms with Crippen molar-refractivity contribution < 1.29 is 14.3 Å². The Morgan fingerprint density at radius 3 is 2.04 bits per heavy atom. The fourth-order valence-electron chi connectivity index (χ4n) is 2.99. The van der Waals surface area contributed by atoms with Gasteiger partial charge in [-0.25, -0.2) is 4.79 Å². The molecule has 0 aliphatic rings. The molecule has 0 aromatic heterocycles. The van der Waals surface area contributed by atoms with E-state index in [1.807, 2.05) is 67.6 Å². The summed E-state index contributed by atoms with van der Waals surface area (Å²) in [6.45, 7) is 4.74. The molecule has 146 valence electrons. The molecule has 0 heterocycles. The highest BCUT2D eigenvalue weighted by Crippen LogP contribution is 2.27. The van der Waals surface area contributed by atoms with Gasteiger partial charge in [0.1, 0.15) is 18.2 Å². The summed E-state index contributed by atoms with van der Waals surface area (Å²) >= 11 is 0. The molecule has 0 fully saturated rings. The summed E-state index contributed by atoms with van der Waals surface area (Å²) in [4.78, 5) is 12.8. The van der Waals surface area contributed by atoms with Crippen LogP contribution in [0.25, 0.3) is 5.57 Å². The Kier molecular flexibility index (Phi) is 8.97. The number of unbranched alkanes of at least 4 members (excludes halogenated alkanes) is 1. The zero-order valence-corrected chi connectivity index (χ0v) is 16.6. The van der Waals surface area contributed by atoms with E-state index >= 15 is 0 Å². The maximum atomic E-state index is 12.8. The van der Waals surface area contributed by atoms with Crippen molar-refractivity contribution in [3.63, 3.8) is 0 Å². The molecule has 0 N–H and O–H groups in total. The molecule has 2 aromatic carbocycles. The molecule has 0 aliphatic heterocycles. The van der Waals surface area contributed by atoms with Gasteiger partial charge in [-0.1, -0.05) is 80.4 Å². The monoisotopic (exact) mass is 377 g/mol. The normalized spacial score (nSPS) is 11.3. The van der Waals surface area contributed by atoms with Gasteiger partial charge in [-0.15, -0.1) is 0 Å². The lowest BCUT2D eigenvalue weighted by Crippen LogP contribution is -2.23. The van der Waals surface area contributed by atoms with Gasteiger partial charge < -0.3 is 9.47 Å². The molecule has 4 heteroatoms. The summed E-state index contributed by atoms with van der Waals surface area (Å²) in [6, 6.07) is 20.9. The average molecular weight is 377 g/mol. The zero-order valence-electron chi connectivity index (χ0n) is 16.6. The summed E-state index contributed by atoms with van der Waals surface area (Å²) in [5, 5.41) is 9.76. The Bertz CT molecular complexity index is 765. The van der Waals surface area contributed by atoms with E-state index in [1.54, 1.807) is 0 Å². The Hall–Kier alpha value is -2.90. The number of nitriles is 1. The molecule has 2 rings (SSSR count). The van der Waals surface area contributed by atoms with Crippen molar-refractivity contribution in [2.24, 2.45) is 0 Å². The van der Waals surface area contributed by atoms with E-state index in [0.29, 0.717) is 12.2 Å². The van der Waals surface area contributed by atoms with E-state index in [9.17, 15) is 10.1 Å². The van der Waals surface area contributed by atoms with Gasteiger partial charge in [-0.05, 0) is 24.5 Å². The lowest BCUT2D eigenvalue weighted by atomic mass is 9.93. The molecule has 0 aliphatic carbocycles. The van der Waals surface area contributed by atoms with Crippen LogP contribution >= 0.6 is 0 Å². The standard InChI is InChI=1S/C24H27NO3/c1-3-5-16-21(27-4-2)18-28-24(26)22(17-25)23(19-12-8-6-9-13-19)20-14-10-7-11-15-20/h6-15,21H,3-5,16,18H2,1-2H3. The first-order valence-electron chi connectivity index (χ1n) is 9.75. The van der Waals surface area contributed by atoms with Gasteiger partial charge in [0.05, 0.1) is 6.10 Å². The SMILES string of the molecule is CCCCC(COC(=O)C(C#N)=C(c1ccccc1)c1ccccc1)OCC. The number of ether oxygens (including phenoxy) is 2. The quantitative estimate of drug-likeness (QED) is 0.326. The number of hydrogen-bond donors (Lipinski definition) is 0. The fraction of sp³-hybridized carbons (Fsp3) is 0.333. The first-order chi connectivity index (χ1) is 13.7. The summed E-state index contributed by atoms with van der Waals surface area (Å²) in [6.07, 6.45) is 2.73. The average Bonchev–Trinajstić information content (AvgIpc) is 2.74. The van der Waals surface area contributed by atoms with Crippen molar-refractivity contribution >= 4 is 11.5 Å². The van der Waals surface area contributed by atoms with Crippen molar-refractivity contribution in [2.45, 2.75) is 39.2 Å². The Morgan fingerprint density at radius 2 is 1.57 bits per heavy atom. The molecule has 2 aromatic rings. The summed E-state index contributed by atoms with van der Waals surface area (Å²) in [5.41, 5.74) is 2.18. The maximum absolute atomic E-state index is 12.8. The minimum atomic E-state index is -0.619. The van der Waals surface area contributed by atoms with Crippen molar-refractivity contribution in [3.8, 4) is 6.07 Å². The molecule has 1 unspecified atom stereocenters. The van der Waals surface area contributed by atoms with E-state index in [2.05, 4.69) is 13.0 Å². The minimum Gasteiger partial charge on any atom is -0.459 e. The molecular weight excluding hydrogens is 350 g/mol. The second-order valence-electron chi connectivity index (χ2n) is 6.41. The zero-order chi connectivity index (χ0) is 20.2. The Balaban J connectivity index is 2.32. The van der Waals surface area contributed by atoms with Crippen LogP contribution in [0.3, 0.4) is 0 Å². The number of esters is 1. The third-order valence-electron chi connectivity index (χ3n) is 4.37. The summed E-state index contributed by atoms with van der Waals surface area (Å²) in [7, 11) is 0.